The van der Waals surface area contributed by atoms with Crippen molar-refractivity contribution in [2.75, 3.05) is 0 Å². The van der Waals surface area contributed by atoms with Crippen LogP contribution in [-0.4, -0.2) is 32.4 Å². The van der Waals surface area contributed by atoms with E-state index in [2.05, 4.69) is 36.7 Å². The third-order valence-electron chi connectivity index (χ3n) is 3.75. The number of nitrogens with one attached hydrogen (secondary N) is 3. The molecule has 3 rings (SSSR count). The standard InChI is InChI=1S/C17H14BrN5O4/c18-10-2-3-11-9(7-10)1-5-14(24)12(11)8-19-22-15(25)6-4-13-16(26)20-17(27)23-21-13/h1-3,5,7-8,24H,4,6H2,(H,22,25)(H2,20,23,26,27)/b19-8+. The first kappa shape index (κ1) is 18.5. The molecule has 0 spiro atoms. The van der Waals surface area contributed by atoms with Gasteiger partial charge in [0.05, 0.1) is 6.21 Å². The molecule has 1 aromatic heterocycles. The first-order valence-electron chi connectivity index (χ1n) is 7.85. The quantitative estimate of drug-likeness (QED) is 0.354. The number of hydrogen-bond donors (Lipinski definition) is 4. The Morgan fingerprint density at radius 1 is 1.30 bits per heavy atom. The van der Waals surface area contributed by atoms with Gasteiger partial charge in [0.25, 0.3) is 5.56 Å². The molecule has 0 aliphatic rings. The summed E-state index contributed by atoms with van der Waals surface area (Å²) in [5, 5.41) is 21.3. The van der Waals surface area contributed by atoms with Gasteiger partial charge >= 0.3 is 5.69 Å². The zero-order valence-corrected chi connectivity index (χ0v) is 15.4. The molecule has 9 nitrogen and oxygen atoms in total. The van der Waals surface area contributed by atoms with Gasteiger partial charge < -0.3 is 5.11 Å². The first-order chi connectivity index (χ1) is 12.9. The van der Waals surface area contributed by atoms with Crippen LogP contribution >= 0.6 is 15.9 Å². The highest BCUT2D eigenvalue weighted by molar-refractivity contribution is 9.10. The van der Waals surface area contributed by atoms with E-state index in [1.54, 1.807) is 12.1 Å². The molecular weight excluding hydrogens is 418 g/mol. The fraction of sp³-hybridized carbons (Fsp3) is 0.118. The highest BCUT2D eigenvalue weighted by Crippen LogP contribution is 2.27. The maximum absolute atomic E-state index is 11.9. The number of aryl methyl sites for hydroxylation is 1. The van der Waals surface area contributed by atoms with Crippen LogP contribution in [0, 0.1) is 0 Å². The highest BCUT2D eigenvalue weighted by Gasteiger charge is 2.08. The van der Waals surface area contributed by atoms with Gasteiger partial charge in [-0.3, -0.25) is 14.6 Å². The van der Waals surface area contributed by atoms with Crippen molar-refractivity contribution in [1.29, 1.82) is 0 Å². The Labute approximate surface area is 160 Å². The number of phenols is 1. The van der Waals surface area contributed by atoms with Crippen LogP contribution in [-0.2, 0) is 11.2 Å². The van der Waals surface area contributed by atoms with E-state index in [1.807, 2.05) is 23.2 Å². The summed E-state index contributed by atoms with van der Waals surface area (Å²) in [5.41, 5.74) is 1.51. The van der Waals surface area contributed by atoms with Gasteiger partial charge in [-0.25, -0.2) is 15.3 Å². The summed E-state index contributed by atoms with van der Waals surface area (Å²) >= 11 is 3.39. The number of hydrazone groups is 1. The van der Waals surface area contributed by atoms with Crippen molar-refractivity contribution < 1.29 is 9.90 Å². The predicted octanol–water partition coefficient (Wildman–Crippen LogP) is 1.16. The molecule has 4 N–H and O–H groups in total. The number of aromatic nitrogens is 3. The van der Waals surface area contributed by atoms with Gasteiger partial charge in [0, 0.05) is 22.9 Å². The number of fused-ring (bicyclic) bond motifs is 1. The lowest BCUT2D eigenvalue weighted by Crippen LogP contribution is -2.28. The Hall–Kier alpha value is -3.27. The molecule has 27 heavy (non-hydrogen) atoms. The number of H-pyrrole nitrogens is 2. The van der Waals surface area contributed by atoms with Crippen molar-refractivity contribution in [2.45, 2.75) is 12.8 Å². The van der Waals surface area contributed by atoms with Gasteiger partial charge in [0.2, 0.25) is 5.91 Å². The molecule has 1 heterocycles. The molecule has 0 fully saturated rings. The Balaban J connectivity index is 1.67. The van der Waals surface area contributed by atoms with Crippen LogP contribution in [0.1, 0.15) is 17.7 Å². The number of aromatic amines is 2. The average Bonchev–Trinajstić information content (AvgIpc) is 2.63. The molecule has 0 aliphatic heterocycles. The number of carbonyl (C=O) groups is 1. The maximum Gasteiger partial charge on any atom is 0.342 e. The van der Waals surface area contributed by atoms with Gasteiger partial charge in [0.15, 0.2) is 0 Å². The molecule has 10 heteroatoms. The fourth-order valence-electron chi connectivity index (χ4n) is 2.45. The van der Waals surface area contributed by atoms with Crippen molar-refractivity contribution in [3.05, 3.63) is 66.9 Å². The van der Waals surface area contributed by atoms with Crippen molar-refractivity contribution in [1.82, 2.24) is 20.6 Å². The zero-order chi connectivity index (χ0) is 19.4. The summed E-state index contributed by atoms with van der Waals surface area (Å²) in [4.78, 5) is 36.3. The zero-order valence-electron chi connectivity index (χ0n) is 13.8. The van der Waals surface area contributed by atoms with Gasteiger partial charge in [-0.15, -0.1) is 0 Å². The molecule has 2 aromatic carbocycles. The molecule has 0 unspecified atom stereocenters. The maximum atomic E-state index is 11.9. The number of benzene rings is 2. The molecule has 0 saturated carbocycles. The van der Waals surface area contributed by atoms with E-state index in [1.165, 1.54) is 6.21 Å². The lowest BCUT2D eigenvalue weighted by Gasteiger charge is -2.05. The lowest BCUT2D eigenvalue weighted by atomic mass is 10.0. The molecule has 0 bridgehead atoms. The van der Waals surface area contributed by atoms with E-state index in [0.717, 1.165) is 15.2 Å². The van der Waals surface area contributed by atoms with Gasteiger partial charge in [0.1, 0.15) is 11.4 Å². The minimum Gasteiger partial charge on any atom is -0.507 e. The molecular formula is C17H14BrN5O4. The third kappa shape index (κ3) is 4.47. The number of halogens is 1. The number of hydrogen-bond acceptors (Lipinski definition) is 6. The summed E-state index contributed by atoms with van der Waals surface area (Å²) in [5.74, 6) is -0.409. The number of carbonyl (C=O) groups excluding carboxylic acids is 1. The van der Waals surface area contributed by atoms with Crippen molar-refractivity contribution in [3.8, 4) is 5.75 Å². The van der Waals surface area contributed by atoms with Gasteiger partial charge in [-0.1, -0.05) is 28.1 Å². The van der Waals surface area contributed by atoms with E-state index >= 15 is 0 Å². The number of aromatic hydroxyl groups is 1. The molecule has 1 amide bonds. The number of rotatable bonds is 5. The van der Waals surface area contributed by atoms with Crippen molar-refractivity contribution >= 4 is 38.8 Å². The lowest BCUT2D eigenvalue weighted by molar-refractivity contribution is -0.121. The second kappa shape index (κ2) is 7.96. The summed E-state index contributed by atoms with van der Waals surface area (Å²) in [6.45, 7) is 0. The minimum absolute atomic E-state index is 0.0341. The topological polar surface area (TPSA) is 140 Å². The molecule has 0 radical (unpaired) electrons. The van der Waals surface area contributed by atoms with E-state index in [0.29, 0.717) is 5.56 Å². The molecule has 0 saturated heterocycles. The monoisotopic (exact) mass is 431 g/mol. The van der Waals surface area contributed by atoms with E-state index in [-0.39, 0.29) is 24.3 Å². The van der Waals surface area contributed by atoms with Gasteiger partial charge in [-0.2, -0.15) is 10.2 Å². The van der Waals surface area contributed by atoms with Crippen LogP contribution in [0.3, 0.4) is 0 Å². The number of amides is 1. The van der Waals surface area contributed by atoms with Crippen LogP contribution in [0.15, 0.2) is 49.5 Å². The van der Waals surface area contributed by atoms with Gasteiger partial charge in [-0.05, 0) is 29.0 Å². The van der Waals surface area contributed by atoms with Crippen molar-refractivity contribution in [3.63, 3.8) is 0 Å². The summed E-state index contributed by atoms with van der Waals surface area (Å²) in [6, 6.07) is 8.90. The molecule has 138 valence electrons. The summed E-state index contributed by atoms with van der Waals surface area (Å²) in [7, 11) is 0. The Kier molecular flexibility index (Phi) is 5.46. The van der Waals surface area contributed by atoms with E-state index in [9.17, 15) is 19.5 Å². The number of nitrogens with zero attached hydrogens (tertiary/aromatic N) is 2. The first-order valence-corrected chi connectivity index (χ1v) is 8.64. The van der Waals surface area contributed by atoms with E-state index in [4.69, 9.17) is 0 Å². The van der Waals surface area contributed by atoms with Crippen molar-refractivity contribution in [2.24, 2.45) is 5.10 Å². The second-order valence-electron chi connectivity index (χ2n) is 5.61. The Morgan fingerprint density at radius 2 is 2.11 bits per heavy atom. The summed E-state index contributed by atoms with van der Waals surface area (Å²) in [6.07, 6.45) is 1.35. The van der Waals surface area contributed by atoms with Crippen LogP contribution in [0.5, 0.6) is 5.75 Å². The van der Waals surface area contributed by atoms with Crippen LogP contribution in [0.4, 0.5) is 0 Å². The normalized spacial score (nSPS) is 11.1. The SMILES string of the molecule is O=C(CCc1n[nH]c(=O)[nH]c1=O)N/N=C/c1c(O)ccc2cc(Br)ccc12. The second-order valence-corrected chi connectivity index (χ2v) is 6.53. The highest BCUT2D eigenvalue weighted by atomic mass is 79.9. The van der Waals surface area contributed by atoms with Crippen LogP contribution < -0.4 is 16.7 Å². The summed E-state index contributed by atoms with van der Waals surface area (Å²) < 4.78 is 0.905. The number of phenolic OH excluding ortho intramolecular Hbond substituents is 1. The fourth-order valence-corrected chi connectivity index (χ4v) is 2.83. The molecule has 0 aliphatic carbocycles. The van der Waals surface area contributed by atoms with Crippen LogP contribution in [0.2, 0.25) is 0 Å². The van der Waals surface area contributed by atoms with E-state index < -0.39 is 17.2 Å². The largest absolute Gasteiger partial charge is 0.507 e. The molecule has 3 aromatic rings. The predicted molar refractivity (Wildman–Crippen MR) is 103 cm³/mol. The third-order valence-corrected chi connectivity index (χ3v) is 4.25. The average molecular weight is 432 g/mol. The minimum atomic E-state index is -0.709. The molecule has 0 atom stereocenters. The van der Waals surface area contributed by atoms with Crippen LogP contribution in [0.25, 0.3) is 10.8 Å². The smallest absolute Gasteiger partial charge is 0.342 e. The Bertz CT molecular complexity index is 1150. The Morgan fingerprint density at radius 3 is 2.89 bits per heavy atom.